The molecule has 9 heteroatoms. The number of nitro benzene ring substituents is 1. The van der Waals surface area contributed by atoms with E-state index in [1.165, 1.54) is 25.3 Å². The number of hydrogen-bond donors (Lipinski definition) is 2. The first-order chi connectivity index (χ1) is 13.3. The van der Waals surface area contributed by atoms with E-state index in [1.54, 1.807) is 0 Å². The third kappa shape index (κ3) is 3.99. The standard InChI is InChI=1S/C19H17N3O5S/c1-10-4-5-11(2)13(6-10)20-19-21-18(24)16(28-19)9-12-7-14(22(25)26)17(23)15(8-12)27-3/h4-9,23H,1-3H3,(H,20,21,24)/b16-9-. The molecule has 0 radical (unpaired) electrons. The normalized spacial score (nSPS) is 16.5. The Morgan fingerprint density at radius 1 is 1.29 bits per heavy atom. The van der Waals surface area contributed by atoms with Gasteiger partial charge in [-0.1, -0.05) is 12.1 Å². The van der Waals surface area contributed by atoms with Gasteiger partial charge in [-0.05, 0) is 60.5 Å². The molecule has 144 valence electrons. The van der Waals surface area contributed by atoms with E-state index in [4.69, 9.17) is 4.74 Å². The van der Waals surface area contributed by atoms with Gasteiger partial charge in [-0.2, -0.15) is 0 Å². The van der Waals surface area contributed by atoms with Gasteiger partial charge in [0.25, 0.3) is 5.91 Å². The second-order valence-electron chi connectivity index (χ2n) is 6.12. The Morgan fingerprint density at radius 3 is 2.71 bits per heavy atom. The van der Waals surface area contributed by atoms with E-state index in [0.717, 1.165) is 28.6 Å². The molecule has 3 rings (SSSR count). The second-order valence-corrected chi connectivity index (χ2v) is 7.15. The number of carbonyl (C=O) groups excluding carboxylic acids is 1. The molecule has 0 aliphatic carbocycles. The summed E-state index contributed by atoms with van der Waals surface area (Å²) in [6.07, 6.45) is 1.49. The molecule has 2 N–H and O–H groups in total. The fraction of sp³-hybridized carbons (Fsp3) is 0.158. The maximum Gasteiger partial charge on any atom is 0.315 e. The van der Waals surface area contributed by atoms with E-state index in [2.05, 4.69) is 10.3 Å². The highest BCUT2D eigenvalue weighted by Gasteiger charge is 2.25. The predicted molar refractivity (Wildman–Crippen MR) is 108 cm³/mol. The van der Waals surface area contributed by atoms with Crippen LogP contribution in [0.1, 0.15) is 16.7 Å². The summed E-state index contributed by atoms with van der Waals surface area (Å²) in [6.45, 7) is 3.89. The Hall–Kier alpha value is -3.33. The van der Waals surface area contributed by atoms with Crippen molar-refractivity contribution in [3.63, 3.8) is 0 Å². The van der Waals surface area contributed by atoms with Crippen molar-refractivity contribution in [1.29, 1.82) is 0 Å². The number of methoxy groups -OCH3 is 1. The van der Waals surface area contributed by atoms with E-state index in [0.29, 0.717) is 15.6 Å². The van der Waals surface area contributed by atoms with Crippen molar-refractivity contribution in [2.45, 2.75) is 13.8 Å². The summed E-state index contributed by atoms with van der Waals surface area (Å²) < 4.78 is 4.98. The number of aliphatic imine (C=N–C) groups is 1. The quantitative estimate of drug-likeness (QED) is 0.459. The summed E-state index contributed by atoms with van der Waals surface area (Å²) in [7, 11) is 1.29. The van der Waals surface area contributed by atoms with Gasteiger partial charge in [0, 0.05) is 6.07 Å². The number of nitrogens with one attached hydrogen (secondary N) is 1. The van der Waals surface area contributed by atoms with Crippen molar-refractivity contribution >= 4 is 40.3 Å². The molecule has 2 aromatic rings. The van der Waals surface area contributed by atoms with Crippen LogP contribution in [0.3, 0.4) is 0 Å². The van der Waals surface area contributed by atoms with Crippen LogP contribution >= 0.6 is 11.8 Å². The zero-order valence-corrected chi connectivity index (χ0v) is 16.2. The first kappa shape index (κ1) is 19.4. The van der Waals surface area contributed by atoms with Gasteiger partial charge in [-0.25, -0.2) is 4.99 Å². The fourth-order valence-electron chi connectivity index (χ4n) is 2.57. The van der Waals surface area contributed by atoms with E-state index in [1.807, 2.05) is 32.0 Å². The lowest BCUT2D eigenvalue weighted by Crippen LogP contribution is -2.19. The maximum atomic E-state index is 12.3. The number of amidine groups is 1. The second kappa shape index (κ2) is 7.73. The number of aryl methyl sites for hydroxylation is 2. The molecule has 1 aliphatic heterocycles. The summed E-state index contributed by atoms with van der Waals surface area (Å²) in [5.41, 5.74) is 2.64. The number of hydrogen-bond acceptors (Lipinski definition) is 7. The summed E-state index contributed by atoms with van der Waals surface area (Å²) in [5.74, 6) is -0.965. The monoisotopic (exact) mass is 399 g/mol. The minimum absolute atomic E-state index is 0.0475. The van der Waals surface area contributed by atoms with Gasteiger partial charge in [0.1, 0.15) is 0 Å². The number of nitro groups is 1. The molecule has 1 amide bonds. The van der Waals surface area contributed by atoms with Crippen molar-refractivity contribution in [3.8, 4) is 11.5 Å². The molecule has 8 nitrogen and oxygen atoms in total. The summed E-state index contributed by atoms with van der Waals surface area (Å²) in [4.78, 5) is 27.5. The van der Waals surface area contributed by atoms with Crippen LogP contribution in [0.2, 0.25) is 0 Å². The van der Waals surface area contributed by atoms with Crippen LogP contribution in [0, 0.1) is 24.0 Å². The van der Waals surface area contributed by atoms with Gasteiger partial charge in [-0.3, -0.25) is 14.9 Å². The number of ether oxygens (including phenoxy) is 1. The Balaban J connectivity index is 1.95. The number of rotatable bonds is 4. The number of nitrogens with zero attached hydrogens (tertiary/aromatic N) is 2. The van der Waals surface area contributed by atoms with Crippen molar-refractivity contribution in [2.24, 2.45) is 4.99 Å². The topological polar surface area (TPSA) is 114 Å². The minimum Gasteiger partial charge on any atom is -0.500 e. The lowest BCUT2D eigenvalue weighted by atomic mass is 10.1. The molecule has 0 aromatic heterocycles. The average Bonchev–Trinajstić information content (AvgIpc) is 2.98. The molecule has 1 fully saturated rings. The van der Waals surface area contributed by atoms with Crippen LogP contribution in [0.5, 0.6) is 11.5 Å². The zero-order valence-electron chi connectivity index (χ0n) is 15.3. The van der Waals surface area contributed by atoms with Crippen LogP contribution in [0.15, 0.2) is 40.2 Å². The van der Waals surface area contributed by atoms with Crippen molar-refractivity contribution in [3.05, 3.63) is 62.0 Å². The van der Waals surface area contributed by atoms with E-state index < -0.39 is 16.4 Å². The highest BCUT2D eigenvalue weighted by Crippen LogP contribution is 2.38. The van der Waals surface area contributed by atoms with Crippen molar-refractivity contribution in [1.82, 2.24) is 5.32 Å². The smallest absolute Gasteiger partial charge is 0.315 e. The molecule has 1 saturated heterocycles. The van der Waals surface area contributed by atoms with Gasteiger partial charge in [0.15, 0.2) is 10.9 Å². The third-order valence-corrected chi connectivity index (χ3v) is 4.94. The first-order valence-corrected chi connectivity index (χ1v) is 9.02. The average molecular weight is 399 g/mol. The molecule has 2 aromatic carbocycles. The van der Waals surface area contributed by atoms with Gasteiger partial charge < -0.3 is 15.2 Å². The molecule has 0 bridgehead atoms. The van der Waals surface area contributed by atoms with Crippen LogP contribution in [-0.4, -0.2) is 28.2 Å². The SMILES string of the molecule is COc1cc(/C=C2\SC(=Nc3cc(C)ccc3C)NC2=O)cc([N+](=O)[O-])c1O. The minimum atomic E-state index is -0.713. The van der Waals surface area contributed by atoms with E-state index in [9.17, 15) is 20.0 Å². The summed E-state index contributed by atoms with van der Waals surface area (Å²) in [6, 6.07) is 8.46. The zero-order chi connectivity index (χ0) is 20.4. The molecule has 0 atom stereocenters. The Kier molecular flexibility index (Phi) is 5.36. The van der Waals surface area contributed by atoms with Crippen molar-refractivity contribution in [2.75, 3.05) is 7.11 Å². The maximum absolute atomic E-state index is 12.3. The molecule has 1 heterocycles. The number of amides is 1. The number of aromatic hydroxyl groups is 1. The molecule has 1 aliphatic rings. The molecule has 0 unspecified atom stereocenters. The molecule has 0 spiro atoms. The lowest BCUT2D eigenvalue weighted by Gasteiger charge is -2.05. The molecule has 0 saturated carbocycles. The van der Waals surface area contributed by atoms with Gasteiger partial charge in [0.2, 0.25) is 5.75 Å². The summed E-state index contributed by atoms with van der Waals surface area (Å²) in [5, 5.41) is 24.1. The molecular weight excluding hydrogens is 382 g/mol. The number of phenols is 1. The van der Waals surface area contributed by atoms with E-state index in [-0.39, 0.29) is 11.7 Å². The van der Waals surface area contributed by atoms with Gasteiger partial charge in [-0.15, -0.1) is 0 Å². The number of phenolic OH excluding ortho intramolecular Hbond substituents is 1. The summed E-state index contributed by atoms with van der Waals surface area (Å²) >= 11 is 1.13. The van der Waals surface area contributed by atoms with Crippen molar-refractivity contribution < 1.29 is 19.6 Å². The first-order valence-electron chi connectivity index (χ1n) is 8.20. The highest BCUT2D eigenvalue weighted by atomic mass is 32.2. The Labute approximate surface area is 165 Å². The Morgan fingerprint density at radius 2 is 2.04 bits per heavy atom. The number of thioether (sulfide) groups is 1. The van der Waals surface area contributed by atoms with Gasteiger partial charge in [0.05, 0.1) is 22.6 Å². The van der Waals surface area contributed by atoms with Crippen LogP contribution in [0.25, 0.3) is 6.08 Å². The fourth-order valence-corrected chi connectivity index (χ4v) is 3.41. The third-order valence-electron chi connectivity index (χ3n) is 4.03. The largest absolute Gasteiger partial charge is 0.500 e. The van der Waals surface area contributed by atoms with Crippen LogP contribution in [0.4, 0.5) is 11.4 Å². The van der Waals surface area contributed by atoms with Crippen LogP contribution < -0.4 is 10.1 Å². The number of carbonyl (C=O) groups is 1. The Bertz CT molecular complexity index is 1050. The highest BCUT2D eigenvalue weighted by molar-refractivity contribution is 8.18. The molecular formula is C19H17N3O5S. The van der Waals surface area contributed by atoms with Gasteiger partial charge >= 0.3 is 5.69 Å². The lowest BCUT2D eigenvalue weighted by molar-refractivity contribution is -0.386. The van der Waals surface area contributed by atoms with Crippen LogP contribution in [-0.2, 0) is 4.79 Å². The molecule has 28 heavy (non-hydrogen) atoms. The predicted octanol–water partition coefficient (Wildman–Crippen LogP) is 3.82. The number of benzene rings is 2. The van der Waals surface area contributed by atoms with E-state index >= 15 is 0 Å².